The first-order valence-corrected chi connectivity index (χ1v) is 11.0. The molecule has 0 aromatic heterocycles. The van der Waals surface area contributed by atoms with Crippen molar-refractivity contribution in [1.82, 2.24) is 15.1 Å². The molecule has 0 bridgehead atoms. The van der Waals surface area contributed by atoms with E-state index in [1.165, 1.54) is 16.7 Å². The van der Waals surface area contributed by atoms with E-state index in [1.807, 2.05) is 32.0 Å². The maximum absolute atomic E-state index is 13.2. The van der Waals surface area contributed by atoms with Crippen molar-refractivity contribution in [2.45, 2.75) is 62.1 Å². The number of carboxylic acid groups (broad SMARTS) is 1. The third kappa shape index (κ3) is 4.89. The van der Waals surface area contributed by atoms with Gasteiger partial charge in [0.15, 0.2) is 6.10 Å². The number of amides is 3. The van der Waals surface area contributed by atoms with Crippen molar-refractivity contribution in [1.29, 1.82) is 0 Å². The minimum absolute atomic E-state index is 0.140. The van der Waals surface area contributed by atoms with Crippen LogP contribution < -0.4 is 5.32 Å². The molecule has 1 heterocycles. The van der Waals surface area contributed by atoms with E-state index in [1.54, 1.807) is 24.1 Å². The lowest BCUT2D eigenvalue weighted by Gasteiger charge is -2.35. The van der Waals surface area contributed by atoms with Gasteiger partial charge in [0.25, 0.3) is 5.91 Å². The van der Waals surface area contributed by atoms with E-state index in [9.17, 15) is 24.6 Å². The molecule has 3 N–H and O–H groups in total. The summed E-state index contributed by atoms with van der Waals surface area (Å²) in [6, 6.07) is 7.54. The largest absolute Gasteiger partial charge is 0.465 e. The van der Waals surface area contributed by atoms with Crippen LogP contribution in [0.2, 0.25) is 0 Å². The van der Waals surface area contributed by atoms with Gasteiger partial charge in [-0.3, -0.25) is 9.59 Å². The van der Waals surface area contributed by atoms with E-state index in [4.69, 9.17) is 0 Å². The first kappa shape index (κ1) is 22.4. The fourth-order valence-electron chi connectivity index (χ4n) is 3.83. The van der Waals surface area contributed by atoms with E-state index in [2.05, 4.69) is 5.32 Å². The quantitative estimate of drug-likeness (QED) is 0.599. The number of carbonyl (C=O) groups excluding carboxylic acids is 2. The van der Waals surface area contributed by atoms with Crippen LogP contribution in [0, 0.1) is 0 Å². The highest BCUT2D eigenvalue weighted by Crippen LogP contribution is 2.41. The third-order valence-electron chi connectivity index (χ3n) is 5.75. The van der Waals surface area contributed by atoms with Crippen LogP contribution in [0.4, 0.5) is 4.79 Å². The number of aliphatic hydroxyl groups excluding tert-OH is 1. The number of hydrogen-bond acceptors (Lipinski definition) is 5. The summed E-state index contributed by atoms with van der Waals surface area (Å²) in [5.74, 6) is -0.507. The molecule has 8 nitrogen and oxygen atoms in total. The molecule has 3 atom stereocenters. The number of nitrogens with zero attached hydrogens (tertiary/aromatic N) is 2. The highest BCUT2D eigenvalue weighted by atomic mass is 32.2. The molecule has 0 spiro atoms. The molecule has 2 fully saturated rings. The van der Waals surface area contributed by atoms with Gasteiger partial charge >= 0.3 is 6.09 Å². The molecule has 1 saturated carbocycles. The molecular formula is C21H29N3O5S. The van der Waals surface area contributed by atoms with E-state index in [-0.39, 0.29) is 24.2 Å². The predicted molar refractivity (Wildman–Crippen MR) is 114 cm³/mol. The Hall–Kier alpha value is -2.26. The summed E-state index contributed by atoms with van der Waals surface area (Å²) in [5.41, 5.74) is 0.792. The minimum atomic E-state index is -1.60. The van der Waals surface area contributed by atoms with Crippen LogP contribution in [0.5, 0.6) is 0 Å². The lowest BCUT2D eigenvalue weighted by atomic mass is 9.97. The van der Waals surface area contributed by atoms with Gasteiger partial charge < -0.3 is 25.3 Å². The molecule has 30 heavy (non-hydrogen) atoms. The van der Waals surface area contributed by atoms with Gasteiger partial charge in [-0.1, -0.05) is 30.3 Å². The van der Waals surface area contributed by atoms with Crippen molar-refractivity contribution in [3.63, 3.8) is 0 Å². The smallest absolute Gasteiger partial charge is 0.404 e. The molecule has 164 valence electrons. The van der Waals surface area contributed by atoms with Crippen molar-refractivity contribution in [3.8, 4) is 0 Å². The molecule has 1 aliphatic heterocycles. The SMILES string of the molecule is CN(C(=O)[C@H]1N(C(=O)[C@@H](O)[C@H](Cc2ccccc2)NC(=O)O)CSC1(C)C)C1CC1. The standard InChI is InChI=1S/C21H29N3O5S/c1-21(2)17(19(27)23(3)14-9-10-14)24(12-30-21)18(26)16(25)15(22-20(28)29)11-13-7-5-4-6-8-13/h4-8,14-17,22,25H,9-12H2,1-3H3,(H,28,29)/t15-,16-,17+/m0/s1. The van der Waals surface area contributed by atoms with Crippen LogP contribution in [0.3, 0.4) is 0 Å². The first-order valence-electron chi connectivity index (χ1n) is 10.0. The molecular weight excluding hydrogens is 406 g/mol. The van der Waals surface area contributed by atoms with Gasteiger partial charge in [0.05, 0.1) is 11.9 Å². The van der Waals surface area contributed by atoms with E-state index < -0.39 is 34.9 Å². The van der Waals surface area contributed by atoms with Gasteiger partial charge in [-0.25, -0.2) is 4.79 Å². The highest BCUT2D eigenvalue weighted by molar-refractivity contribution is 8.00. The summed E-state index contributed by atoms with van der Waals surface area (Å²) in [6.07, 6.45) is -0.843. The monoisotopic (exact) mass is 435 g/mol. The third-order valence-corrected chi connectivity index (χ3v) is 7.12. The molecule has 2 aliphatic rings. The zero-order valence-corrected chi connectivity index (χ0v) is 18.3. The van der Waals surface area contributed by atoms with Crippen molar-refractivity contribution in [2.24, 2.45) is 0 Å². The lowest BCUT2D eigenvalue weighted by molar-refractivity contribution is -0.150. The summed E-state index contributed by atoms with van der Waals surface area (Å²) in [7, 11) is 1.75. The normalized spacial score (nSPS) is 22.3. The topological polar surface area (TPSA) is 110 Å². The average Bonchev–Trinajstić information content (AvgIpc) is 3.49. The van der Waals surface area contributed by atoms with Gasteiger partial charge in [-0.2, -0.15) is 0 Å². The van der Waals surface area contributed by atoms with Crippen LogP contribution in [0.15, 0.2) is 30.3 Å². The number of thioether (sulfide) groups is 1. The second-order valence-corrected chi connectivity index (χ2v) is 10.1. The fraction of sp³-hybridized carbons (Fsp3) is 0.571. The average molecular weight is 436 g/mol. The van der Waals surface area contributed by atoms with Crippen LogP contribution in [-0.2, 0) is 16.0 Å². The Morgan fingerprint density at radius 3 is 2.47 bits per heavy atom. The maximum atomic E-state index is 13.2. The second-order valence-electron chi connectivity index (χ2n) is 8.46. The number of aliphatic hydroxyl groups is 1. The number of likely N-dealkylation sites (N-methyl/N-ethyl adjacent to an activating group) is 1. The van der Waals surface area contributed by atoms with E-state index in [0.29, 0.717) is 0 Å². The molecule has 3 amide bonds. The Morgan fingerprint density at radius 2 is 1.90 bits per heavy atom. The summed E-state index contributed by atoms with van der Waals surface area (Å²) < 4.78 is -0.509. The van der Waals surface area contributed by atoms with Crippen LogP contribution >= 0.6 is 11.8 Å². The second kappa shape index (κ2) is 8.85. The molecule has 1 aromatic carbocycles. The Bertz CT molecular complexity index is 799. The lowest BCUT2D eigenvalue weighted by Crippen LogP contribution is -2.59. The Labute approximate surface area is 180 Å². The molecule has 1 aromatic rings. The van der Waals surface area contributed by atoms with Crippen molar-refractivity contribution in [2.75, 3.05) is 12.9 Å². The summed E-state index contributed by atoms with van der Waals surface area (Å²) in [5, 5.41) is 22.3. The number of nitrogens with one attached hydrogen (secondary N) is 1. The molecule has 0 radical (unpaired) electrons. The van der Waals surface area contributed by atoms with Crippen LogP contribution in [0.25, 0.3) is 0 Å². The van der Waals surface area contributed by atoms with Crippen molar-refractivity contribution >= 4 is 29.7 Å². The summed E-state index contributed by atoms with van der Waals surface area (Å²) in [4.78, 5) is 40.8. The van der Waals surface area contributed by atoms with Gasteiger partial charge in [0.2, 0.25) is 5.91 Å². The fourth-order valence-corrected chi connectivity index (χ4v) is 4.97. The van der Waals surface area contributed by atoms with Crippen LogP contribution in [-0.4, -0.2) is 79.8 Å². The van der Waals surface area contributed by atoms with Crippen LogP contribution in [0.1, 0.15) is 32.3 Å². The number of rotatable bonds is 7. The Balaban J connectivity index is 1.80. The molecule has 1 saturated heterocycles. The zero-order chi connectivity index (χ0) is 22.1. The van der Waals surface area contributed by atoms with Gasteiger partial charge in [-0.15, -0.1) is 11.8 Å². The van der Waals surface area contributed by atoms with E-state index >= 15 is 0 Å². The maximum Gasteiger partial charge on any atom is 0.404 e. The van der Waals surface area contributed by atoms with Gasteiger partial charge in [0, 0.05) is 17.8 Å². The first-order chi connectivity index (χ1) is 14.1. The van der Waals surface area contributed by atoms with E-state index in [0.717, 1.165) is 18.4 Å². The molecule has 9 heteroatoms. The van der Waals surface area contributed by atoms with Crippen molar-refractivity contribution in [3.05, 3.63) is 35.9 Å². The van der Waals surface area contributed by atoms with Gasteiger partial charge in [0.1, 0.15) is 6.04 Å². The molecule has 0 unspecified atom stereocenters. The molecule has 1 aliphatic carbocycles. The Morgan fingerprint density at radius 1 is 1.27 bits per heavy atom. The van der Waals surface area contributed by atoms with Crippen molar-refractivity contribution < 1.29 is 24.6 Å². The zero-order valence-electron chi connectivity index (χ0n) is 17.4. The predicted octanol–water partition coefficient (Wildman–Crippen LogP) is 1.53. The molecule has 3 rings (SSSR count). The van der Waals surface area contributed by atoms with Gasteiger partial charge in [-0.05, 0) is 38.7 Å². The number of hydrogen-bond donors (Lipinski definition) is 3. The Kier molecular flexibility index (Phi) is 6.62. The minimum Gasteiger partial charge on any atom is -0.465 e. The number of benzene rings is 1. The number of carbonyl (C=O) groups is 3. The summed E-state index contributed by atoms with van der Waals surface area (Å²) >= 11 is 1.48. The highest BCUT2D eigenvalue weighted by Gasteiger charge is 2.51. The summed E-state index contributed by atoms with van der Waals surface area (Å²) in [6.45, 7) is 3.83.